The fourth-order valence-electron chi connectivity index (χ4n) is 4.76. The van der Waals surface area contributed by atoms with Crippen LogP contribution in [0, 0.1) is 0 Å². The molecule has 4 N–H and O–H groups in total. The van der Waals surface area contributed by atoms with E-state index in [2.05, 4.69) is 16.0 Å². The molecule has 0 bridgehead atoms. The van der Waals surface area contributed by atoms with Crippen molar-refractivity contribution in [1.82, 2.24) is 20.9 Å². The maximum Gasteiger partial charge on any atom is 0.411 e. The molecular weight excluding hydrogens is 552 g/mol. The molecule has 12 heteroatoms. The number of thioether (sulfide) groups is 2. The summed E-state index contributed by atoms with van der Waals surface area (Å²) in [5.41, 5.74) is 0.213. The van der Waals surface area contributed by atoms with Crippen LogP contribution in [0.15, 0.2) is 30.3 Å². The van der Waals surface area contributed by atoms with E-state index in [1.165, 1.54) is 4.90 Å². The largest absolute Gasteiger partial charge is 0.444 e. The molecule has 1 aromatic rings. The number of amides is 4. The molecule has 222 valence electrons. The molecule has 2 aliphatic rings. The molecule has 3 rings (SSSR count). The van der Waals surface area contributed by atoms with Crippen molar-refractivity contribution < 1.29 is 29.0 Å². The highest BCUT2D eigenvalue weighted by Gasteiger charge is 2.52. The number of aliphatic hydroxyl groups excluding tert-OH is 1. The second-order valence-electron chi connectivity index (χ2n) is 11.2. The van der Waals surface area contributed by atoms with E-state index in [-0.39, 0.29) is 16.7 Å². The van der Waals surface area contributed by atoms with Crippen LogP contribution in [-0.4, -0.2) is 86.3 Å². The van der Waals surface area contributed by atoms with Crippen LogP contribution < -0.4 is 16.0 Å². The minimum atomic E-state index is -1.57. The number of nitrogens with zero attached hydrogens (tertiary/aromatic N) is 1. The quantitative estimate of drug-likeness (QED) is 0.325. The van der Waals surface area contributed by atoms with Crippen LogP contribution in [0.3, 0.4) is 0 Å². The molecule has 10 nitrogen and oxygen atoms in total. The zero-order chi connectivity index (χ0) is 29.5. The van der Waals surface area contributed by atoms with Gasteiger partial charge >= 0.3 is 6.09 Å². The zero-order valence-corrected chi connectivity index (χ0v) is 25.5. The summed E-state index contributed by atoms with van der Waals surface area (Å²) in [6.45, 7) is 9.12. The summed E-state index contributed by atoms with van der Waals surface area (Å²) < 4.78 is 5.31. The molecule has 2 heterocycles. The number of carbonyl (C=O) groups is 4. The molecule has 40 heavy (non-hydrogen) atoms. The lowest BCUT2D eigenvalue weighted by Crippen LogP contribution is -2.55. The van der Waals surface area contributed by atoms with Crippen LogP contribution >= 0.6 is 23.5 Å². The molecule has 0 radical (unpaired) electrons. The number of hydrogen-bond acceptors (Lipinski definition) is 8. The molecule has 4 amide bonds. The van der Waals surface area contributed by atoms with Gasteiger partial charge in [0.15, 0.2) is 6.10 Å². The summed E-state index contributed by atoms with van der Waals surface area (Å²) in [7, 11) is 0. The van der Waals surface area contributed by atoms with Gasteiger partial charge in [0.25, 0.3) is 5.91 Å². The van der Waals surface area contributed by atoms with Gasteiger partial charge in [0.2, 0.25) is 11.8 Å². The van der Waals surface area contributed by atoms with Crippen LogP contribution in [0.1, 0.15) is 65.5 Å². The van der Waals surface area contributed by atoms with Gasteiger partial charge in [0.05, 0.1) is 22.7 Å². The number of carbonyl (C=O) groups excluding carboxylic acids is 4. The minimum Gasteiger partial charge on any atom is -0.444 e. The topological polar surface area (TPSA) is 137 Å². The van der Waals surface area contributed by atoms with Gasteiger partial charge in [-0.25, -0.2) is 4.79 Å². The normalized spacial score (nSPS) is 20.4. The van der Waals surface area contributed by atoms with E-state index >= 15 is 0 Å². The summed E-state index contributed by atoms with van der Waals surface area (Å²) in [4.78, 5) is 53.2. The molecule has 2 fully saturated rings. The van der Waals surface area contributed by atoms with Crippen molar-refractivity contribution in [3.8, 4) is 0 Å². The number of hydrogen-bond donors (Lipinski definition) is 4. The molecule has 0 aliphatic carbocycles. The van der Waals surface area contributed by atoms with E-state index in [4.69, 9.17) is 4.74 Å². The molecule has 0 aromatic heterocycles. The Labute approximate surface area is 245 Å². The summed E-state index contributed by atoms with van der Waals surface area (Å²) in [5, 5.41) is 18.9. The first kappa shape index (κ1) is 32.1. The Hall–Kier alpha value is -2.44. The van der Waals surface area contributed by atoms with Crippen molar-refractivity contribution >= 4 is 47.3 Å². The van der Waals surface area contributed by atoms with Crippen LogP contribution in [-0.2, 0) is 19.1 Å². The first-order valence-corrected chi connectivity index (χ1v) is 15.7. The van der Waals surface area contributed by atoms with Crippen LogP contribution in [0.4, 0.5) is 4.79 Å². The predicted octanol–water partition coefficient (Wildman–Crippen LogP) is 2.81. The van der Waals surface area contributed by atoms with E-state index in [1.807, 2.05) is 44.2 Å². The third-order valence-corrected chi connectivity index (χ3v) is 10.1. The summed E-state index contributed by atoms with van der Waals surface area (Å²) in [6.07, 6.45) is -0.734. The van der Waals surface area contributed by atoms with Gasteiger partial charge in [0.1, 0.15) is 11.6 Å². The Morgan fingerprint density at radius 2 is 1.77 bits per heavy atom. The Kier molecular flexibility index (Phi) is 11.2. The fraction of sp³-hybridized carbons (Fsp3) is 0.643. The SMILES string of the molecule is CCCC(NC(=O)C1CC2(CN1C(=O)OC(C)(C)C)SCCS2)C(O)C(=O)NCC(=O)N[C@H](C)c1ccccc1. The number of likely N-dealkylation sites (tertiary alicyclic amines) is 1. The zero-order valence-electron chi connectivity index (χ0n) is 23.9. The Morgan fingerprint density at radius 3 is 2.38 bits per heavy atom. The van der Waals surface area contributed by atoms with Crippen LogP contribution in [0.2, 0.25) is 0 Å². The molecule has 2 saturated heterocycles. The van der Waals surface area contributed by atoms with E-state index in [0.29, 0.717) is 25.8 Å². The lowest BCUT2D eigenvalue weighted by atomic mass is 10.0. The number of rotatable bonds is 10. The Morgan fingerprint density at radius 1 is 1.12 bits per heavy atom. The maximum atomic E-state index is 13.5. The standard InChI is InChI=1S/C28H42N4O6S2/c1-6-10-20(23(34)25(36)29-16-22(33)30-18(2)19-11-8-7-9-12-19)31-24(35)21-15-28(39-13-14-40-28)17-32(21)26(37)38-27(3,4)5/h7-9,11-12,18,20-21,23,34H,6,10,13-17H2,1-5H3,(H,29,36)(H,30,33)(H,31,35)/t18-,20?,21?,23?/m1/s1. The van der Waals surface area contributed by atoms with Gasteiger partial charge in [-0.05, 0) is 39.7 Å². The van der Waals surface area contributed by atoms with E-state index < -0.39 is 47.6 Å². The highest BCUT2D eigenvalue weighted by Crippen LogP contribution is 2.52. The first-order valence-electron chi connectivity index (χ1n) is 13.7. The Bertz CT molecular complexity index is 1040. The van der Waals surface area contributed by atoms with Crippen molar-refractivity contribution in [3.63, 3.8) is 0 Å². The number of aliphatic hydroxyl groups is 1. The van der Waals surface area contributed by atoms with Crippen LogP contribution in [0.5, 0.6) is 0 Å². The molecule has 2 aliphatic heterocycles. The first-order chi connectivity index (χ1) is 18.8. The third kappa shape index (κ3) is 8.78. The van der Waals surface area contributed by atoms with Crippen LogP contribution in [0.25, 0.3) is 0 Å². The van der Waals surface area contributed by atoms with Crippen molar-refractivity contribution in [3.05, 3.63) is 35.9 Å². The Balaban J connectivity index is 1.61. The maximum absolute atomic E-state index is 13.5. The van der Waals surface area contributed by atoms with Crippen molar-refractivity contribution in [1.29, 1.82) is 0 Å². The molecular formula is C28H42N4O6S2. The minimum absolute atomic E-state index is 0.249. The number of benzene rings is 1. The monoisotopic (exact) mass is 594 g/mol. The average molecular weight is 595 g/mol. The van der Waals surface area contributed by atoms with Gasteiger partial charge in [-0.2, -0.15) is 0 Å². The van der Waals surface area contributed by atoms with E-state index in [0.717, 1.165) is 17.1 Å². The number of nitrogens with one attached hydrogen (secondary N) is 3. The smallest absolute Gasteiger partial charge is 0.411 e. The third-order valence-electron chi connectivity index (χ3n) is 6.71. The van der Waals surface area contributed by atoms with E-state index in [9.17, 15) is 24.3 Å². The van der Waals surface area contributed by atoms with E-state index in [1.54, 1.807) is 44.3 Å². The van der Waals surface area contributed by atoms with Crippen molar-refractivity contribution in [2.75, 3.05) is 24.6 Å². The summed E-state index contributed by atoms with van der Waals surface area (Å²) in [5.74, 6) is 0.293. The van der Waals surface area contributed by atoms with Crippen molar-refractivity contribution in [2.24, 2.45) is 0 Å². The van der Waals surface area contributed by atoms with Gasteiger partial charge in [-0.15, -0.1) is 23.5 Å². The molecule has 1 spiro atoms. The summed E-state index contributed by atoms with van der Waals surface area (Å²) in [6, 6.07) is 7.51. The van der Waals surface area contributed by atoms with Gasteiger partial charge < -0.3 is 25.8 Å². The molecule has 4 atom stereocenters. The lowest BCUT2D eigenvalue weighted by Gasteiger charge is -2.30. The average Bonchev–Trinajstić information content (AvgIpc) is 3.53. The predicted molar refractivity (Wildman–Crippen MR) is 158 cm³/mol. The van der Waals surface area contributed by atoms with Gasteiger partial charge in [0, 0.05) is 24.5 Å². The molecule has 1 aromatic carbocycles. The second kappa shape index (κ2) is 14.0. The molecule has 3 unspecified atom stereocenters. The second-order valence-corrected chi connectivity index (χ2v) is 14.4. The van der Waals surface area contributed by atoms with Gasteiger partial charge in [-0.1, -0.05) is 43.7 Å². The highest BCUT2D eigenvalue weighted by atomic mass is 32.2. The van der Waals surface area contributed by atoms with Gasteiger partial charge in [-0.3, -0.25) is 19.3 Å². The number of ether oxygens (including phenoxy) is 1. The molecule has 0 saturated carbocycles. The summed E-state index contributed by atoms with van der Waals surface area (Å²) >= 11 is 3.49. The highest BCUT2D eigenvalue weighted by molar-refractivity contribution is 8.21. The van der Waals surface area contributed by atoms with Crippen molar-refractivity contribution in [2.45, 2.75) is 87.8 Å². The fourth-order valence-corrected chi connectivity index (χ4v) is 8.02. The lowest BCUT2D eigenvalue weighted by molar-refractivity contribution is -0.135.